The van der Waals surface area contributed by atoms with E-state index in [1.807, 2.05) is 0 Å². The number of rotatable bonds is 1. The fourth-order valence-electron chi connectivity index (χ4n) is 2.93. The van der Waals surface area contributed by atoms with Crippen LogP contribution in [0.5, 0.6) is 0 Å². The number of aromatic nitrogens is 2. The molecule has 3 rings (SSSR count). The van der Waals surface area contributed by atoms with Crippen molar-refractivity contribution in [2.45, 2.75) is 44.9 Å². The van der Waals surface area contributed by atoms with Crippen LogP contribution in [0.1, 0.15) is 39.4 Å². The minimum absolute atomic E-state index is 0.0150. The Bertz CT molecular complexity index is 899. The molecule has 1 saturated heterocycles. The Kier molecular flexibility index (Phi) is 4.81. The monoisotopic (exact) mass is 425 g/mol. The third kappa shape index (κ3) is 3.90. The summed E-state index contributed by atoms with van der Waals surface area (Å²) in [6.45, 7) is 5.77. The first-order chi connectivity index (χ1) is 12.1. The Morgan fingerprint density at radius 3 is 2.62 bits per heavy atom. The molecule has 1 N–H and O–H groups in total. The van der Waals surface area contributed by atoms with Crippen LogP contribution in [-0.2, 0) is 10.4 Å². The van der Waals surface area contributed by atoms with Crippen molar-refractivity contribution in [2.75, 3.05) is 13.1 Å². The number of hydrogen-bond acceptors (Lipinski definition) is 4. The van der Waals surface area contributed by atoms with Crippen LogP contribution >= 0.6 is 15.9 Å². The number of nitrogens with one attached hydrogen (secondary N) is 1. The lowest BCUT2D eigenvalue weighted by Gasteiger charge is -2.36. The van der Waals surface area contributed by atoms with Crippen LogP contribution in [0.15, 0.2) is 27.5 Å². The minimum Gasteiger partial charge on any atom is -0.444 e. The number of halogens is 2. The van der Waals surface area contributed by atoms with Crippen LogP contribution in [0.3, 0.4) is 0 Å². The summed E-state index contributed by atoms with van der Waals surface area (Å²) in [4.78, 5) is 32.8. The molecule has 0 radical (unpaired) electrons. The molecule has 0 spiro atoms. The highest BCUT2D eigenvalue weighted by atomic mass is 79.9. The number of aromatic amines is 1. The van der Waals surface area contributed by atoms with Crippen LogP contribution in [0.2, 0.25) is 0 Å². The molecule has 140 valence electrons. The van der Waals surface area contributed by atoms with E-state index < -0.39 is 17.4 Å². The molecule has 26 heavy (non-hydrogen) atoms. The molecule has 8 heteroatoms. The number of piperidine rings is 1. The summed E-state index contributed by atoms with van der Waals surface area (Å²) in [5.74, 6) is 0.0150. The van der Waals surface area contributed by atoms with Gasteiger partial charge in [0.05, 0.1) is 10.9 Å². The molecule has 1 aliphatic rings. The quantitative estimate of drug-likeness (QED) is 0.751. The van der Waals surface area contributed by atoms with Gasteiger partial charge in [-0.2, -0.15) is 0 Å². The number of benzene rings is 1. The highest BCUT2D eigenvalue weighted by Crippen LogP contribution is 2.35. The highest BCUT2D eigenvalue weighted by Gasteiger charge is 2.40. The van der Waals surface area contributed by atoms with Crippen molar-refractivity contribution in [3.05, 3.63) is 38.9 Å². The maximum Gasteiger partial charge on any atom is 0.410 e. The van der Waals surface area contributed by atoms with Crippen molar-refractivity contribution in [2.24, 2.45) is 0 Å². The molecule has 6 nitrogen and oxygen atoms in total. The molecule has 2 heterocycles. The molecule has 0 unspecified atom stereocenters. The van der Waals surface area contributed by atoms with E-state index in [4.69, 9.17) is 4.74 Å². The van der Waals surface area contributed by atoms with Gasteiger partial charge in [0.1, 0.15) is 11.4 Å². The van der Waals surface area contributed by atoms with E-state index in [-0.39, 0.29) is 37.3 Å². The number of nitrogens with zero attached hydrogens (tertiary/aromatic N) is 2. The third-order valence-electron chi connectivity index (χ3n) is 4.30. The average molecular weight is 426 g/mol. The Morgan fingerprint density at radius 2 is 2.00 bits per heavy atom. The SMILES string of the molecule is CC(C)(C)OC(=O)N1CCC(F)(c2nc3ccc(Br)cc3c(=O)[nH]2)CC1. The summed E-state index contributed by atoms with van der Waals surface area (Å²) in [7, 11) is 0. The van der Waals surface area contributed by atoms with Crippen LogP contribution in [0, 0.1) is 0 Å². The molecular formula is C18H21BrFN3O3. The lowest BCUT2D eigenvalue weighted by molar-refractivity contribution is 0.000202. The summed E-state index contributed by atoms with van der Waals surface area (Å²) < 4.78 is 21.5. The molecule has 1 aromatic carbocycles. The number of carbonyl (C=O) groups is 1. The largest absolute Gasteiger partial charge is 0.444 e. The van der Waals surface area contributed by atoms with Crippen LogP contribution in [0.4, 0.5) is 9.18 Å². The molecule has 1 aromatic heterocycles. The number of alkyl halides is 1. The fourth-order valence-corrected chi connectivity index (χ4v) is 3.29. The molecule has 0 saturated carbocycles. The first-order valence-electron chi connectivity index (χ1n) is 8.44. The molecule has 1 aliphatic heterocycles. The van der Waals surface area contributed by atoms with Gasteiger partial charge in [-0.25, -0.2) is 14.2 Å². The lowest BCUT2D eigenvalue weighted by Crippen LogP contribution is -2.46. The van der Waals surface area contributed by atoms with Crippen molar-refractivity contribution in [3.63, 3.8) is 0 Å². The van der Waals surface area contributed by atoms with E-state index in [0.717, 1.165) is 4.47 Å². The van der Waals surface area contributed by atoms with Crippen molar-refractivity contribution in [1.29, 1.82) is 0 Å². The molecule has 0 atom stereocenters. The summed E-state index contributed by atoms with van der Waals surface area (Å²) in [6.07, 6.45) is -0.349. The third-order valence-corrected chi connectivity index (χ3v) is 4.79. The number of likely N-dealkylation sites (tertiary alicyclic amines) is 1. The number of H-pyrrole nitrogens is 1. The zero-order chi connectivity index (χ0) is 19.1. The van der Waals surface area contributed by atoms with E-state index in [0.29, 0.717) is 10.9 Å². The van der Waals surface area contributed by atoms with Gasteiger partial charge in [-0.3, -0.25) is 4.79 Å². The summed E-state index contributed by atoms with van der Waals surface area (Å²) in [6, 6.07) is 5.09. The van der Waals surface area contributed by atoms with Crippen molar-refractivity contribution < 1.29 is 13.9 Å². The minimum atomic E-state index is -1.78. The number of amides is 1. The Labute approximate surface area is 158 Å². The van der Waals surface area contributed by atoms with E-state index >= 15 is 4.39 Å². The van der Waals surface area contributed by atoms with E-state index in [1.165, 1.54) is 4.90 Å². The molecule has 1 fully saturated rings. The summed E-state index contributed by atoms with van der Waals surface area (Å²) >= 11 is 3.31. The van der Waals surface area contributed by atoms with Gasteiger partial charge in [-0.1, -0.05) is 15.9 Å². The Balaban J connectivity index is 1.81. The maximum atomic E-state index is 15.4. The van der Waals surface area contributed by atoms with Crippen LogP contribution in [0.25, 0.3) is 10.9 Å². The van der Waals surface area contributed by atoms with Crippen molar-refractivity contribution >= 4 is 32.9 Å². The van der Waals surface area contributed by atoms with Gasteiger partial charge in [0, 0.05) is 30.4 Å². The second-order valence-electron chi connectivity index (χ2n) is 7.51. The lowest BCUT2D eigenvalue weighted by atomic mass is 9.92. The van der Waals surface area contributed by atoms with Gasteiger partial charge in [0.2, 0.25) is 0 Å². The Hall–Kier alpha value is -1.96. The normalized spacial score (nSPS) is 17.3. The summed E-state index contributed by atoms with van der Waals surface area (Å²) in [5, 5.41) is 0.401. The number of hydrogen-bond donors (Lipinski definition) is 1. The van der Waals surface area contributed by atoms with Gasteiger partial charge in [-0.05, 0) is 39.0 Å². The predicted octanol–water partition coefficient (Wildman–Crippen LogP) is 3.88. The number of carbonyl (C=O) groups excluding carboxylic acids is 1. The molecule has 1 amide bonds. The maximum absolute atomic E-state index is 15.4. The predicted molar refractivity (Wildman–Crippen MR) is 99.9 cm³/mol. The van der Waals surface area contributed by atoms with E-state index in [9.17, 15) is 9.59 Å². The second-order valence-corrected chi connectivity index (χ2v) is 8.42. The molecular weight excluding hydrogens is 405 g/mol. The highest BCUT2D eigenvalue weighted by molar-refractivity contribution is 9.10. The van der Waals surface area contributed by atoms with Gasteiger partial charge < -0.3 is 14.6 Å². The van der Waals surface area contributed by atoms with Crippen molar-refractivity contribution in [1.82, 2.24) is 14.9 Å². The zero-order valence-corrected chi connectivity index (χ0v) is 16.5. The standard InChI is InChI=1S/C18H21BrFN3O3/c1-17(2,3)26-16(25)23-8-6-18(20,7-9-23)15-21-13-5-4-11(19)10-12(13)14(24)22-15/h4-5,10H,6-9H2,1-3H3,(H,21,22,24). The average Bonchev–Trinajstić information content (AvgIpc) is 2.54. The molecule has 0 aliphatic carbocycles. The van der Waals surface area contributed by atoms with Gasteiger partial charge in [0.15, 0.2) is 5.67 Å². The van der Waals surface area contributed by atoms with Gasteiger partial charge >= 0.3 is 6.09 Å². The number of ether oxygens (including phenoxy) is 1. The van der Waals surface area contributed by atoms with E-state index in [2.05, 4.69) is 25.9 Å². The fraction of sp³-hybridized carbons (Fsp3) is 0.500. The first-order valence-corrected chi connectivity index (χ1v) is 9.24. The second kappa shape index (κ2) is 6.64. The smallest absolute Gasteiger partial charge is 0.410 e. The molecule has 2 aromatic rings. The van der Waals surface area contributed by atoms with Gasteiger partial charge in [0.25, 0.3) is 5.56 Å². The number of fused-ring (bicyclic) bond motifs is 1. The summed E-state index contributed by atoms with van der Waals surface area (Å²) in [5.41, 5.74) is -2.31. The van der Waals surface area contributed by atoms with Crippen LogP contribution in [-0.4, -0.2) is 39.7 Å². The van der Waals surface area contributed by atoms with E-state index in [1.54, 1.807) is 39.0 Å². The van der Waals surface area contributed by atoms with Crippen LogP contribution < -0.4 is 5.56 Å². The first kappa shape index (κ1) is 18.8. The topological polar surface area (TPSA) is 75.3 Å². The zero-order valence-electron chi connectivity index (χ0n) is 14.9. The van der Waals surface area contributed by atoms with Crippen molar-refractivity contribution in [3.8, 4) is 0 Å². The molecule has 0 bridgehead atoms. The van der Waals surface area contributed by atoms with Gasteiger partial charge in [-0.15, -0.1) is 0 Å². The Morgan fingerprint density at radius 1 is 1.35 bits per heavy atom.